The molecule has 0 radical (unpaired) electrons. The summed E-state index contributed by atoms with van der Waals surface area (Å²) < 4.78 is 26.7. The molecule has 0 aromatic heterocycles. The number of hydrogen-bond donors (Lipinski definition) is 1. The maximum Gasteiger partial charge on any atom is 0.311 e. The lowest BCUT2D eigenvalue weighted by molar-refractivity contribution is -0.138. The minimum absolute atomic E-state index is 0.00847. The van der Waals surface area contributed by atoms with Gasteiger partial charge in [0, 0.05) is 0 Å². The van der Waals surface area contributed by atoms with Crippen LogP contribution < -0.4 is 0 Å². The lowest BCUT2D eigenvalue weighted by Crippen LogP contribution is -2.15. The van der Waals surface area contributed by atoms with Crippen LogP contribution in [0.5, 0.6) is 0 Å². The maximum atomic E-state index is 13.5. The quantitative estimate of drug-likeness (QED) is 0.917. The van der Waals surface area contributed by atoms with Crippen LogP contribution in [0, 0.1) is 11.6 Å². The first kappa shape index (κ1) is 13.2. The summed E-state index contributed by atoms with van der Waals surface area (Å²) >= 11 is 0. The molecule has 0 spiro atoms. The molecule has 1 atom stereocenters. The van der Waals surface area contributed by atoms with Crippen molar-refractivity contribution in [1.82, 2.24) is 0 Å². The molecule has 0 heterocycles. The first-order chi connectivity index (χ1) is 9.08. The van der Waals surface area contributed by atoms with Crippen LogP contribution in [-0.2, 0) is 11.2 Å². The van der Waals surface area contributed by atoms with Gasteiger partial charge in [0.2, 0.25) is 0 Å². The number of carboxylic acids is 1. The van der Waals surface area contributed by atoms with Gasteiger partial charge in [-0.05, 0) is 35.7 Å². The Kier molecular flexibility index (Phi) is 3.90. The summed E-state index contributed by atoms with van der Waals surface area (Å²) in [6, 6.07) is 11.4. The minimum Gasteiger partial charge on any atom is -0.481 e. The lowest BCUT2D eigenvalue weighted by Gasteiger charge is -2.13. The molecular weight excluding hydrogens is 250 g/mol. The fourth-order valence-electron chi connectivity index (χ4n) is 1.95. The molecule has 0 aliphatic heterocycles. The molecular formula is C15H12F2O2. The summed E-state index contributed by atoms with van der Waals surface area (Å²) in [5.74, 6) is -3.02. The third kappa shape index (κ3) is 3.16. The van der Waals surface area contributed by atoms with Gasteiger partial charge >= 0.3 is 5.97 Å². The number of aliphatic carboxylic acids is 1. The van der Waals surface area contributed by atoms with Crippen LogP contribution in [-0.4, -0.2) is 11.1 Å². The second-order valence-electron chi connectivity index (χ2n) is 4.24. The number of rotatable bonds is 4. The normalized spacial score (nSPS) is 12.1. The molecule has 1 unspecified atom stereocenters. The summed E-state index contributed by atoms with van der Waals surface area (Å²) in [5, 5.41) is 9.22. The average molecular weight is 262 g/mol. The molecule has 0 fully saturated rings. The van der Waals surface area contributed by atoms with Crippen molar-refractivity contribution in [2.75, 3.05) is 0 Å². The zero-order valence-electron chi connectivity index (χ0n) is 10.0. The zero-order valence-corrected chi connectivity index (χ0v) is 10.0. The minimum atomic E-state index is -1.10. The third-order valence-electron chi connectivity index (χ3n) is 2.93. The number of carboxylic acid groups (broad SMARTS) is 1. The highest BCUT2D eigenvalue weighted by molar-refractivity contribution is 5.76. The van der Waals surface area contributed by atoms with E-state index in [1.807, 2.05) is 0 Å². The molecule has 2 rings (SSSR count). The van der Waals surface area contributed by atoms with E-state index in [0.29, 0.717) is 11.1 Å². The van der Waals surface area contributed by atoms with Crippen LogP contribution in [0.15, 0.2) is 48.5 Å². The van der Waals surface area contributed by atoms with E-state index in [1.54, 1.807) is 6.07 Å². The highest BCUT2D eigenvalue weighted by atomic mass is 19.1. The Morgan fingerprint density at radius 1 is 1.11 bits per heavy atom. The monoisotopic (exact) mass is 262 g/mol. The molecule has 0 aliphatic rings. The Morgan fingerprint density at radius 2 is 1.84 bits per heavy atom. The highest BCUT2D eigenvalue weighted by Crippen LogP contribution is 2.23. The smallest absolute Gasteiger partial charge is 0.311 e. The molecule has 2 aromatic rings. The molecule has 0 aliphatic carbocycles. The van der Waals surface area contributed by atoms with Gasteiger partial charge in [0.1, 0.15) is 11.6 Å². The van der Waals surface area contributed by atoms with E-state index in [9.17, 15) is 18.7 Å². The van der Waals surface area contributed by atoms with Gasteiger partial charge < -0.3 is 5.11 Å². The Balaban J connectivity index is 2.32. The largest absolute Gasteiger partial charge is 0.481 e. The fourth-order valence-corrected chi connectivity index (χ4v) is 1.95. The number of benzene rings is 2. The first-order valence-electron chi connectivity index (χ1n) is 5.79. The van der Waals surface area contributed by atoms with E-state index in [1.165, 1.54) is 42.5 Å². The predicted octanol–water partition coefficient (Wildman–Crippen LogP) is 3.38. The number of halogens is 2. The molecule has 0 saturated carbocycles. The van der Waals surface area contributed by atoms with Gasteiger partial charge in [-0.1, -0.05) is 30.3 Å². The van der Waals surface area contributed by atoms with Crippen LogP contribution in [0.2, 0.25) is 0 Å². The van der Waals surface area contributed by atoms with Gasteiger partial charge in [-0.15, -0.1) is 0 Å². The summed E-state index contributed by atoms with van der Waals surface area (Å²) in [4.78, 5) is 11.3. The SMILES string of the molecule is O=C(O)C(Cc1ccccc1F)c1cccc(F)c1. The van der Waals surface area contributed by atoms with Crippen molar-refractivity contribution in [1.29, 1.82) is 0 Å². The molecule has 2 aromatic carbocycles. The van der Waals surface area contributed by atoms with Gasteiger partial charge in [-0.2, -0.15) is 0 Å². The summed E-state index contributed by atoms with van der Waals surface area (Å²) in [6.45, 7) is 0. The molecule has 98 valence electrons. The third-order valence-corrected chi connectivity index (χ3v) is 2.93. The zero-order chi connectivity index (χ0) is 13.8. The van der Waals surface area contributed by atoms with Crippen molar-refractivity contribution in [3.63, 3.8) is 0 Å². The van der Waals surface area contributed by atoms with Gasteiger partial charge in [-0.25, -0.2) is 8.78 Å². The Hall–Kier alpha value is -2.23. The molecule has 0 amide bonds. The average Bonchev–Trinajstić information content (AvgIpc) is 2.37. The van der Waals surface area contributed by atoms with Gasteiger partial charge in [-0.3, -0.25) is 4.79 Å². The van der Waals surface area contributed by atoms with Crippen molar-refractivity contribution >= 4 is 5.97 Å². The Bertz CT molecular complexity index is 596. The highest BCUT2D eigenvalue weighted by Gasteiger charge is 2.22. The molecule has 2 nitrogen and oxygen atoms in total. The second kappa shape index (κ2) is 5.61. The van der Waals surface area contributed by atoms with Gasteiger partial charge in [0.15, 0.2) is 0 Å². The molecule has 19 heavy (non-hydrogen) atoms. The lowest BCUT2D eigenvalue weighted by atomic mass is 9.92. The van der Waals surface area contributed by atoms with Crippen LogP contribution in [0.3, 0.4) is 0 Å². The van der Waals surface area contributed by atoms with E-state index in [-0.39, 0.29) is 6.42 Å². The predicted molar refractivity (Wildman–Crippen MR) is 66.9 cm³/mol. The van der Waals surface area contributed by atoms with E-state index in [4.69, 9.17) is 0 Å². The fraction of sp³-hybridized carbons (Fsp3) is 0.133. The molecule has 0 saturated heterocycles. The van der Waals surface area contributed by atoms with Gasteiger partial charge in [0.05, 0.1) is 5.92 Å². The standard InChI is InChI=1S/C15H12F2O2/c16-12-6-3-5-10(8-12)13(15(18)19)9-11-4-1-2-7-14(11)17/h1-8,13H,9H2,(H,18,19). The first-order valence-corrected chi connectivity index (χ1v) is 5.79. The topological polar surface area (TPSA) is 37.3 Å². The van der Waals surface area contributed by atoms with Crippen molar-refractivity contribution < 1.29 is 18.7 Å². The van der Waals surface area contributed by atoms with Crippen LogP contribution in [0.4, 0.5) is 8.78 Å². The summed E-state index contributed by atoms with van der Waals surface area (Å²) in [7, 11) is 0. The van der Waals surface area contributed by atoms with Crippen molar-refractivity contribution in [3.8, 4) is 0 Å². The maximum absolute atomic E-state index is 13.5. The van der Waals surface area contributed by atoms with Crippen molar-refractivity contribution in [2.45, 2.75) is 12.3 Å². The van der Waals surface area contributed by atoms with Crippen LogP contribution in [0.1, 0.15) is 17.0 Å². The molecule has 4 heteroatoms. The summed E-state index contributed by atoms with van der Waals surface area (Å²) in [6.07, 6.45) is -0.00847. The van der Waals surface area contributed by atoms with Crippen LogP contribution in [0.25, 0.3) is 0 Å². The van der Waals surface area contributed by atoms with E-state index < -0.39 is 23.5 Å². The summed E-state index contributed by atoms with van der Waals surface area (Å²) in [5.41, 5.74) is 0.634. The Labute approximate surface area is 109 Å². The number of hydrogen-bond acceptors (Lipinski definition) is 1. The van der Waals surface area contributed by atoms with E-state index in [2.05, 4.69) is 0 Å². The van der Waals surface area contributed by atoms with E-state index in [0.717, 1.165) is 0 Å². The molecule has 1 N–H and O–H groups in total. The van der Waals surface area contributed by atoms with Crippen molar-refractivity contribution in [3.05, 3.63) is 71.3 Å². The van der Waals surface area contributed by atoms with Crippen LogP contribution >= 0.6 is 0 Å². The Morgan fingerprint density at radius 3 is 2.47 bits per heavy atom. The number of carbonyl (C=O) groups is 1. The second-order valence-corrected chi connectivity index (χ2v) is 4.24. The molecule has 0 bridgehead atoms. The van der Waals surface area contributed by atoms with Gasteiger partial charge in [0.25, 0.3) is 0 Å². The van der Waals surface area contributed by atoms with E-state index >= 15 is 0 Å². The van der Waals surface area contributed by atoms with Crippen molar-refractivity contribution in [2.24, 2.45) is 0 Å².